The van der Waals surface area contributed by atoms with Gasteiger partial charge in [0.05, 0.1) is 13.0 Å². The van der Waals surface area contributed by atoms with Crippen LogP contribution in [0.25, 0.3) is 0 Å². The maximum absolute atomic E-state index is 11.5. The van der Waals surface area contributed by atoms with Crippen molar-refractivity contribution < 1.29 is 9.59 Å². The Balaban J connectivity index is 2.34. The molecule has 1 aliphatic rings. The van der Waals surface area contributed by atoms with Crippen LogP contribution in [0.5, 0.6) is 0 Å². The lowest BCUT2D eigenvalue weighted by Crippen LogP contribution is -2.24. The van der Waals surface area contributed by atoms with Gasteiger partial charge in [-0.15, -0.1) is 0 Å². The van der Waals surface area contributed by atoms with E-state index in [4.69, 9.17) is 0 Å². The summed E-state index contributed by atoms with van der Waals surface area (Å²) < 4.78 is 0. The molecule has 15 heavy (non-hydrogen) atoms. The molecule has 0 N–H and O–H groups in total. The van der Waals surface area contributed by atoms with Crippen molar-refractivity contribution in [3.8, 4) is 0 Å². The van der Waals surface area contributed by atoms with Crippen molar-refractivity contribution in [1.29, 1.82) is 0 Å². The van der Waals surface area contributed by atoms with Crippen LogP contribution in [-0.2, 0) is 9.59 Å². The first-order valence-electron chi connectivity index (χ1n) is 4.97. The van der Waals surface area contributed by atoms with E-state index in [2.05, 4.69) is 0 Å². The standard InChI is InChI=1S/C12H13NO2/c1-8-3-4-10(5-9(8)2)13-7-11(14)6-12(13)15/h3-5H,6-7H2,1-2H3. The Bertz CT molecular complexity index is 437. The number of ketones is 1. The average molecular weight is 203 g/mol. The van der Waals surface area contributed by atoms with Gasteiger partial charge in [-0.3, -0.25) is 9.59 Å². The first-order valence-corrected chi connectivity index (χ1v) is 4.97. The number of hydrogen-bond donors (Lipinski definition) is 0. The fourth-order valence-corrected chi connectivity index (χ4v) is 1.71. The van der Waals surface area contributed by atoms with Crippen molar-refractivity contribution in [2.45, 2.75) is 20.3 Å². The Kier molecular flexibility index (Phi) is 2.31. The minimum Gasteiger partial charge on any atom is -0.305 e. The summed E-state index contributed by atoms with van der Waals surface area (Å²) in [6.07, 6.45) is 0.0485. The van der Waals surface area contributed by atoms with Gasteiger partial charge in [-0.25, -0.2) is 0 Å². The predicted octanol–water partition coefficient (Wildman–Crippen LogP) is 1.61. The molecule has 1 aromatic carbocycles. The van der Waals surface area contributed by atoms with Gasteiger partial charge in [0.2, 0.25) is 5.91 Å². The number of aryl methyl sites for hydroxylation is 2. The van der Waals surface area contributed by atoms with E-state index in [1.165, 1.54) is 5.56 Å². The van der Waals surface area contributed by atoms with Crippen LogP contribution in [0, 0.1) is 13.8 Å². The summed E-state index contributed by atoms with van der Waals surface area (Å²) in [7, 11) is 0. The smallest absolute Gasteiger partial charge is 0.234 e. The topological polar surface area (TPSA) is 37.4 Å². The first kappa shape index (κ1) is 9.90. The molecule has 1 amide bonds. The molecule has 1 aromatic rings. The number of rotatable bonds is 1. The normalized spacial score (nSPS) is 16.3. The zero-order valence-corrected chi connectivity index (χ0v) is 8.91. The fourth-order valence-electron chi connectivity index (χ4n) is 1.71. The van der Waals surface area contributed by atoms with E-state index in [0.29, 0.717) is 0 Å². The Morgan fingerprint density at radius 3 is 2.40 bits per heavy atom. The van der Waals surface area contributed by atoms with Gasteiger partial charge >= 0.3 is 0 Å². The van der Waals surface area contributed by atoms with Crippen molar-refractivity contribution in [1.82, 2.24) is 0 Å². The molecule has 1 aliphatic heterocycles. The highest BCUT2D eigenvalue weighted by Crippen LogP contribution is 2.22. The number of carbonyl (C=O) groups is 2. The number of Topliss-reactive ketones (excluding diaryl/α,β-unsaturated/α-hetero) is 1. The van der Waals surface area contributed by atoms with Gasteiger partial charge in [0.25, 0.3) is 0 Å². The lowest BCUT2D eigenvalue weighted by Gasteiger charge is -2.15. The summed E-state index contributed by atoms with van der Waals surface area (Å²) in [5.41, 5.74) is 3.16. The highest BCUT2D eigenvalue weighted by molar-refractivity contribution is 6.15. The van der Waals surface area contributed by atoms with Crippen molar-refractivity contribution in [2.75, 3.05) is 11.4 Å². The summed E-state index contributed by atoms with van der Waals surface area (Å²) in [4.78, 5) is 24.2. The van der Waals surface area contributed by atoms with Crippen molar-refractivity contribution in [2.24, 2.45) is 0 Å². The van der Waals surface area contributed by atoms with Gasteiger partial charge in [-0.05, 0) is 37.1 Å². The minimum absolute atomic E-state index is 0.00164. The number of anilines is 1. The molecule has 0 unspecified atom stereocenters. The van der Waals surface area contributed by atoms with E-state index in [0.717, 1.165) is 11.3 Å². The third kappa shape index (κ3) is 1.77. The van der Waals surface area contributed by atoms with Crippen molar-refractivity contribution >= 4 is 17.4 Å². The number of benzene rings is 1. The molecule has 0 aliphatic carbocycles. The molecule has 0 spiro atoms. The largest absolute Gasteiger partial charge is 0.305 e. The highest BCUT2D eigenvalue weighted by atomic mass is 16.2. The molecule has 0 radical (unpaired) electrons. The van der Waals surface area contributed by atoms with Crippen LogP contribution >= 0.6 is 0 Å². The van der Waals surface area contributed by atoms with E-state index in [1.807, 2.05) is 32.0 Å². The SMILES string of the molecule is Cc1ccc(N2CC(=O)CC2=O)cc1C. The summed E-state index contributed by atoms with van der Waals surface area (Å²) in [6, 6.07) is 5.81. The third-order valence-corrected chi connectivity index (χ3v) is 2.79. The van der Waals surface area contributed by atoms with Crippen LogP contribution in [0.2, 0.25) is 0 Å². The molecule has 78 valence electrons. The van der Waals surface area contributed by atoms with Gasteiger partial charge in [-0.1, -0.05) is 6.07 Å². The lowest BCUT2D eigenvalue weighted by atomic mass is 10.1. The first-order chi connectivity index (χ1) is 7.08. The van der Waals surface area contributed by atoms with Crippen LogP contribution in [0.1, 0.15) is 17.5 Å². The van der Waals surface area contributed by atoms with Gasteiger partial charge in [0, 0.05) is 5.69 Å². The second-order valence-corrected chi connectivity index (χ2v) is 3.96. The molecular weight excluding hydrogens is 190 g/mol. The van der Waals surface area contributed by atoms with E-state index in [1.54, 1.807) is 4.90 Å². The van der Waals surface area contributed by atoms with Gasteiger partial charge < -0.3 is 4.90 Å². The van der Waals surface area contributed by atoms with E-state index in [-0.39, 0.29) is 24.7 Å². The number of nitrogens with zero attached hydrogens (tertiary/aromatic N) is 1. The molecule has 3 heteroatoms. The van der Waals surface area contributed by atoms with Crippen LogP contribution in [0.3, 0.4) is 0 Å². The van der Waals surface area contributed by atoms with Gasteiger partial charge in [-0.2, -0.15) is 0 Å². The van der Waals surface area contributed by atoms with Crippen molar-refractivity contribution in [3.05, 3.63) is 29.3 Å². The number of carbonyl (C=O) groups excluding carboxylic acids is 2. The Morgan fingerprint density at radius 2 is 1.87 bits per heavy atom. The van der Waals surface area contributed by atoms with Gasteiger partial charge in [0.15, 0.2) is 5.78 Å². The summed E-state index contributed by atoms with van der Waals surface area (Å²) in [5, 5.41) is 0. The third-order valence-electron chi connectivity index (χ3n) is 2.79. The molecule has 0 saturated carbocycles. The summed E-state index contributed by atoms with van der Waals surface area (Å²) >= 11 is 0. The van der Waals surface area contributed by atoms with E-state index >= 15 is 0 Å². The average Bonchev–Trinajstić information content (AvgIpc) is 2.50. The molecule has 0 bridgehead atoms. The van der Waals surface area contributed by atoms with Crippen LogP contribution in [0.15, 0.2) is 18.2 Å². The molecular formula is C12H13NO2. The monoisotopic (exact) mass is 203 g/mol. The van der Waals surface area contributed by atoms with E-state index < -0.39 is 0 Å². The maximum Gasteiger partial charge on any atom is 0.234 e. The Labute approximate surface area is 88.7 Å². The Hall–Kier alpha value is -1.64. The summed E-state index contributed by atoms with van der Waals surface area (Å²) in [5.74, 6) is -0.0959. The quantitative estimate of drug-likeness (QED) is 0.650. The second kappa shape index (κ2) is 3.50. The molecule has 0 aromatic heterocycles. The van der Waals surface area contributed by atoms with Crippen LogP contribution in [0.4, 0.5) is 5.69 Å². The van der Waals surface area contributed by atoms with E-state index in [9.17, 15) is 9.59 Å². The maximum atomic E-state index is 11.5. The zero-order valence-electron chi connectivity index (χ0n) is 8.91. The number of amides is 1. The molecule has 1 fully saturated rings. The zero-order chi connectivity index (χ0) is 11.0. The number of hydrogen-bond acceptors (Lipinski definition) is 2. The van der Waals surface area contributed by atoms with Crippen LogP contribution in [-0.4, -0.2) is 18.2 Å². The minimum atomic E-state index is -0.0942. The summed E-state index contributed by atoms with van der Waals surface area (Å²) in [6.45, 7) is 4.25. The Morgan fingerprint density at radius 1 is 1.13 bits per heavy atom. The highest BCUT2D eigenvalue weighted by Gasteiger charge is 2.28. The van der Waals surface area contributed by atoms with Gasteiger partial charge in [0.1, 0.15) is 0 Å². The molecule has 3 nitrogen and oxygen atoms in total. The molecule has 2 rings (SSSR count). The predicted molar refractivity (Wildman–Crippen MR) is 57.9 cm³/mol. The van der Waals surface area contributed by atoms with Crippen molar-refractivity contribution in [3.63, 3.8) is 0 Å². The van der Waals surface area contributed by atoms with Crippen LogP contribution < -0.4 is 4.90 Å². The second-order valence-electron chi connectivity index (χ2n) is 3.96. The molecule has 1 saturated heterocycles. The lowest BCUT2D eigenvalue weighted by molar-refractivity contribution is -0.121. The molecule has 1 heterocycles. The molecule has 0 atom stereocenters. The fraction of sp³-hybridized carbons (Fsp3) is 0.333.